The Bertz CT molecular complexity index is 424. The average Bonchev–Trinajstić information content (AvgIpc) is 2.29. The molecule has 0 radical (unpaired) electrons. The standard InChI is InChI=1S/C13H17FN2O/c1-10-4-5-11(8-12(10)14)17-7-3-6-13(2,16)9-15/h4-5,8H,3,6-7,16H2,1-2H3. The van der Waals surface area contributed by atoms with Crippen molar-refractivity contribution >= 4 is 0 Å². The van der Waals surface area contributed by atoms with Crippen LogP contribution in [0, 0.1) is 24.1 Å². The number of ether oxygens (including phenoxy) is 1. The Morgan fingerprint density at radius 3 is 2.82 bits per heavy atom. The number of halogens is 1. The van der Waals surface area contributed by atoms with Gasteiger partial charge in [0.15, 0.2) is 0 Å². The minimum Gasteiger partial charge on any atom is -0.493 e. The van der Waals surface area contributed by atoms with Gasteiger partial charge in [-0.05, 0) is 38.3 Å². The predicted octanol–water partition coefficient (Wildman–Crippen LogP) is 2.53. The molecule has 0 aliphatic rings. The second-order valence-corrected chi connectivity index (χ2v) is 4.39. The van der Waals surface area contributed by atoms with Crippen LogP contribution in [-0.4, -0.2) is 12.1 Å². The van der Waals surface area contributed by atoms with Crippen molar-refractivity contribution in [2.75, 3.05) is 6.61 Å². The summed E-state index contributed by atoms with van der Waals surface area (Å²) in [4.78, 5) is 0. The van der Waals surface area contributed by atoms with Crippen LogP contribution in [-0.2, 0) is 0 Å². The van der Waals surface area contributed by atoms with Gasteiger partial charge >= 0.3 is 0 Å². The Morgan fingerprint density at radius 2 is 2.24 bits per heavy atom. The van der Waals surface area contributed by atoms with Gasteiger partial charge in [-0.3, -0.25) is 0 Å². The van der Waals surface area contributed by atoms with Crippen LogP contribution < -0.4 is 10.5 Å². The molecule has 0 aliphatic heterocycles. The van der Waals surface area contributed by atoms with Crippen LogP contribution in [0.2, 0.25) is 0 Å². The first-order valence-electron chi connectivity index (χ1n) is 5.54. The Kier molecular flexibility index (Phi) is 4.47. The monoisotopic (exact) mass is 236 g/mol. The zero-order valence-corrected chi connectivity index (χ0v) is 10.2. The quantitative estimate of drug-likeness (QED) is 0.799. The first-order valence-corrected chi connectivity index (χ1v) is 5.54. The predicted molar refractivity (Wildman–Crippen MR) is 64.1 cm³/mol. The molecule has 1 aromatic carbocycles. The smallest absolute Gasteiger partial charge is 0.129 e. The molecule has 0 aromatic heterocycles. The van der Waals surface area contributed by atoms with Crippen LogP contribution in [0.25, 0.3) is 0 Å². The molecule has 0 bridgehead atoms. The van der Waals surface area contributed by atoms with Crippen LogP contribution in [0.4, 0.5) is 4.39 Å². The Balaban J connectivity index is 2.37. The number of aryl methyl sites for hydroxylation is 1. The lowest BCUT2D eigenvalue weighted by molar-refractivity contribution is 0.294. The van der Waals surface area contributed by atoms with E-state index < -0.39 is 5.54 Å². The van der Waals surface area contributed by atoms with Gasteiger partial charge < -0.3 is 10.5 Å². The van der Waals surface area contributed by atoms with Gasteiger partial charge in [-0.1, -0.05) is 6.07 Å². The summed E-state index contributed by atoms with van der Waals surface area (Å²) in [5, 5.41) is 8.71. The third-order valence-corrected chi connectivity index (χ3v) is 2.51. The van der Waals surface area contributed by atoms with Gasteiger partial charge in [0.25, 0.3) is 0 Å². The lowest BCUT2D eigenvalue weighted by atomic mass is 10.00. The molecule has 0 saturated heterocycles. The fraction of sp³-hybridized carbons (Fsp3) is 0.462. The summed E-state index contributed by atoms with van der Waals surface area (Å²) in [6, 6.07) is 6.78. The normalized spacial score (nSPS) is 13.8. The summed E-state index contributed by atoms with van der Waals surface area (Å²) in [6.45, 7) is 3.81. The number of hydrogen-bond donors (Lipinski definition) is 1. The first-order chi connectivity index (χ1) is 7.94. The maximum absolute atomic E-state index is 13.2. The van der Waals surface area contributed by atoms with E-state index in [4.69, 9.17) is 15.7 Å². The molecule has 0 spiro atoms. The van der Waals surface area contributed by atoms with E-state index in [9.17, 15) is 4.39 Å². The molecule has 1 atom stereocenters. The Labute approximate surface area is 101 Å². The summed E-state index contributed by atoms with van der Waals surface area (Å²) in [6.07, 6.45) is 1.22. The fourth-order valence-electron chi connectivity index (χ4n) is 1.35. The highest BCUT2D eigenvalue weighted by atomic mass is 19.1. The van der Waals surface area contributed by atoms with E-state index in [1.807, 2.05) is 6.07 Å². The van der Waals surface area contributed by atoms with E-state index in [-0.39, 0.29) is 5.82 Å². The van der Waals surface area contributed by atoms with Crippen molar-refractivity contribution in [3.8, 4) is 11.8 Å². The van der Waals surface area contributed by atoms with Crippen LogP contribution in [0.15, 0.2) is 18.2 Å². The number of nitrogens with two attached hydrogens (primary N) is 1. The molecule has 0 aliphatic carbocycles. The van der Waals surface area contributed by atoms with E-state index in [1.54, 1.807) is 26.0 Å². The molecular weight excluding hydrogens is 219 g/mol. The molecule has 0 amide bonds. The molecule has 0 heterocycles. The number of hydrogen-bond acceptors (Lipinski definition) is 3. The van der Waals surface area contributed by atoms with E-state index in [0.717, 1.165) is 0 Å². The van der Waals surface area contributed by atoms with Gasteiger partial charge in [-0.15, -0.1) is 0 Å². The maximum Gasteiger partial charge on any atom is 0.129 e. The average molecular weight is 236 g/mol. The summed E-state index contributed by atoms with van der Waals surface area (Å²) < 4.78 is 18.6. The van der Waals surface area contributed by atoms with Crippen LogP contribution >= 0.6 is 0 Å². The van der Waals surface area contributed by atoms with Crippen LogP contribution in [0.5, 0.6) is 5.75 Å². The number of rotatable bonds is 5. The molecule has 17 heavy (non-hydrogen) atoms. The molecular formula is C13H17FN2O. The molecule has 1 unspecified atom stereocenters. The van der Waals surface area contributed by atoms with Crippen molar-refractivity contribution in [3.63, 3.8) is 0 Å². The third kappa shape index (κ3) is 4.41. The second kappa shape index (κ2) is 5.65. The van der Waals surface area contributed by atoms with Crippen molar-refractivity contribution in [2.45, 2.75) is 32.2 Å². The topological polar surface area (TPSA) is 59.0 Å². The van der Waals surface area contributed by atoms with Gasteiger partial charge in [0.2, 0.25) is 0 Å². The van der Waals surface area contributed by atoms with E-state index >= 15 is 0 Å². The van der Waals surface area contributed by atoms with Gasteiger partial charge in [0.05, 0.1) is 12.7 Å². The summed E-state index contributed by atoms with van der Waals surface area (Å²) in [5.74, 6) is 0.229. The second-order valence-electron chi connectivity index (χ2n) is 4.39. The molecule has 0 saturated carbocycles. The van der Waals surface area contributed by atoms with Gasteiger partial charge in [-0.25, -0.2) is 4.39 Å². The number of benzene rings is 1. The molecule has 4 heteroatoms. The van der Waals surface area contributed by atoms with Gasteiger partial charge in [0.1, 0.15) is 17.1 Å². The minimum absolute atomic E-state index is 0.275. The molecule has 3 nitrogen and oxygen atoms in total. The Hall–Kier alpha value is -1.60. The van der Waals surface area contributed by atoms with Crippen molar-refractivity contribution in [1.82, 2.24) is 0 Å². The van der Waals surface area contributed by atoms with Crippen molar-refractivity contribution in [3.05, 3.63) is 29.6 Å². The molecule has 92 valence electrons. The van der Waals surface area contributed by atoms with Gasteiger partial charge in [-0.2, -0.15) is 5.26 Å². The van der Waals surface area contributed by atoms with E-state index in [1.165, 1.54) is 6.07 Å². The lowest BCUT2D eigenvalue weighted by Crippen LogP contribution is -2.34. The van der Waals surface area contributed by atoms with Crippen molar-refractivity contribution in [2.24, 2.45) is 5.73 Å². The third-order valence-electron chi connectivity index (χ3n) is 2.51. The molecule has 1 rings (SSSR count). The van der Waals surface area contributed by atoms with Crippen molar-refractivity contribution < 1.29 is 9.13 Å². The highest BCUT2D eigenvalue weighted by molar-refractivity contribution is 5.27. The van der Waals surface area contributed by atoms with Gasteiger partial charge in [0, 0.05) is 6.07 Å². The molecule has 1 aromatic rings. The zero-order chi connectivity index (χ0) is 12.9. The Morgan fingerprint density at radius 1 is 1.53 bits per heavy atom. The minimum atomic E-state index is -0.818. The fourth-order valence-corrected chi connectivity index (χ4v) is 1.35. The highest BCUT2D eigenvalue weighted by Gasteiger charge is 2.16. The number of nitriles is 1. The highest BCUT2D eigenvalue weighted by Crippen LogP contribution is 2.16. The summed E-state index contributed by atoms with van der Waals surface area (Å²) >= 11 is 0. The lowest BCUT2D eigenvalue weighted by Gasteiger charge is -2.15. The zero-order valence-electron chi connectivity index (χ0n) is 10.2. The molecule has 2 N–H and O–H groups in total. The largest absolute Gasteiger partial charge is 0.493 e. The SMILES string of the molecule is Cc1ccc(OCCCC(C)(N)C#N)cc1F. The van der Waals surface area contributed by atoms with Crippen molar-refractivity contribution in [1.29, 1.82) is 5.26 Å². The molecule has 0 fully saturated rings. The van der Waals surface area contributed by atoms with Crippen LogP contribution in [0.3, 0.4) is 0 Å². The van der Waals surface area contributed by atoms with E-state index in [2.05, 4.69) is 0 Å². The van der Waals surface area contributed by atoms with E-state index in [0.29, 0.717) is 30.8 Å². The van der Waals surface area contributed by atoms with Crippen LogP contribution in [0.1, 0.15) is 25.3 Å². The summed E-state index contributed by atoms with van der Waals surface area (Å²) in [7, 11) is 0. The summed E-state index contributed by atoms with van der Waals surface area (Å²) in [5.41, 5.74) is 5.44. The maximum atomic E-state index is 13.2. The first kappa shape index (κ1) is 13.5. The number of nitrogens with zero attached hydrogens (tertiary/aromatic N) is 1.